The highest BCUT2D eigenvalue weighted by Gasteiger charge is 2.22. The first kappa shape index (κ1) is 20.1. The monoisotopic (exact) mass is 388 g/mol. The van der Waals surface area contributed by atoms with Crippen molar-refractivity contribution in [3.8, 4) is 0 Å². The van der Waals surface area contributed by atoms with Gasteiger partial charge in [-0.15, -0.1) is 0 Å². The second kappa shape index (κ2) is 9.54. The van der Waals surface area contributed by atoms with Crippen LogP contribution in [0.5, 0.6) is 0 Å². The van der Waals surface area contributed by atoms with Crippen molar-refractivity contribution in [3.63, 3.8) is 0 Å². The largest absolute Gasteiger partial charge is 0.276 e. The van der Waals surface area contributed by atoms with Crippen LogP contribution in [0.15, 0.2) is 45.4 Å². The normalized spacial score (nSPS) is 21.4. The highest BCUT2D eigenvalue weighted by molar-refractivity contribution is 7.89. The molecule has 1 aromatic carbocycles. The number of sulfonamides is 1. The molecule has 0 heterocycles. The van der Waals surface area contributed by atoms with Crippen LogP contribution in [0.4, 0.5) is 0 Å². The molecule has 0 aromatic heterocycles. The minimum Gasteiger partial charge on any atom is -0.200 e. The summed E-state index contributed by atoms with van der Waals surface area (Å²) in [4.78, 5) is 2.75. The van der Waals surface area contributed by atoms with E-state index in [0.29, 0.717) is 0 Å². The van der Waals surface area contributed by atoms with Crippen LogP contribution in [0.1, 0.15) is 82.6 Å². The maximum absolute atomic E-state index is 12.5. The fraction of sp³-hybridized carbons (Fsp3) is 0.591. The lowest BCUT2D eigenvalue weighted by atomic mass is 9.96. The Bertz CT molecular complexity index is 792. The van der Waals surface area contributed by atoms with Gasteiger partial charge in [-0.05, 0) is 63.2 Å². The first-order chi connectivity index (χ1) is 13.1. The van der Waals surface area contributed by atoms with Gasteiger partial charge in [0.25, 0.3) is 10.0 Å². The number of hydrogen-bond acceptors (Lipinski definition) is 3. The third-order valence-electron chi connectivity index (χ3n) is 5.73. The van der Waals surface area contributed by atoms with Gasteiger partial charge in [0.15, 0.2) is 0 Å². The maximum atomic E-state index is 12.5. The average molecular weight is 389 g/mol. The smallest absolute Gasteiger partial charge is 0.200 e. The summed E-state index contributed by atoms with van der Waals surface area (Å²) in [7, 11) is -3.60. The molecular formula is C22H32N2O2S. The molecular weight excluding hydrogens is 356 g/mol. The van der Waals surface area contributed by atoms with Crippen LogP contribution in [-0.2, 0) is 10.0 Å². The molecule has 0 saturated carbocycles. The molecule has 0 unspecified atom stereocenters. The topological polar surface area (TPSA) is 58.5 Å². The molecule has 2 aliphatic rings. The molecule has 148 valence electrons. The number of aryl methyl sites for hydroxylation is 1. The third-order valence-corrected chi connectivity index (χ3v) is 6.95. The summed E-state index contributed by atoms with van der Waals surface area (Å²) < 4.78 is 25.1. The van der Waals surface area contributed by atoms with E-state index in [2.05, 4.69) is 9.93 Å². The van der Waals surface area contributed by atoms with Crippen LogP contribution in [0.2, 0.25) is 0 Å². The Hall–Kier alpha value is -1.62. The van der Waals surface area contributed by atoms with Crippen molar-refractivity contribution in [2.75, 3.05) is 0 Å². The van der Waals surface area contributed by atoms with Gasteiger partial charge in [0.05, 0.1) is 10.6 Å². The Morgan fingerprint density at radius 3 is 2.04 bits per heavy atom. The van der Waals surface area contributed by atoms with Gasteiger partial charge in [-0.2, -0.15) is 18.4 Å². The van der Waals surface area contributed by atoms with Gasteiger partial charge in [0, 0.05) is 0 Å². The minimum absolute atomic E-state index is 0.267. The van der Waals surface area contributed by atoms with Crippen molar-refractivity contribution in [1.82, 2.24) is 4.83 Å². The number of benzene rings is 1. The lowest BCUT2D eigenvalue weighted by Crippen LogP contribution is -2.20. The van der Waals surface area contributed by atoms with Gasteiger partial charge >= 0.3 is 0 Å². The average Bonchev–Trinajstić information content (AvgIpc) is 3.02. The first-order valence-electron chi connectivity index (χ1n) is 10.4. The number of nitrogens with zero attached hydrogens (tertiary/aromatic N) is 1. The molecule has 0 atom stereocenters. The molecule has 4 nitrogen and oxygen atoms in total. The van der Waals surface area contributed by atoms with E-state index in [-0.39, 0.29) is 4.90 Å². The molecule has 0 saturated heterocycles. The van der Waals surface area contributed by atoms with E-state index in [1.165, 1.54) is 62.5 Å². The minimum atomic E-state index is -3.60. The van der Waals surface area contributed by atoms with E-state index in [0.717, 1.165) is 37.0 Å². The van der Waals surface area contributed by atoms with Crippen LogP contribution >= 0.6 is 0 Å². The summed E-state index contributed by atoms with van der Waals surface area (Å²) in [5.74, 6) is 0. The van der Waals surface area contributed by atoms with E-state index in [1.807, 2.05) is 19.1 Å². The zero-order valence-electron chi connectivity index (χ0n) is 16.5. The Kier molecular flexibility index (Phi) is 7.11. The quantitative estimate of drug-likeness (QED) is 0.682. The van der Waals surface area contributed by atoms with Crippen LogP contribution in [0.25, 0.3) is 0 Å². The second-order valence-electron chi connectivity index (χ2n) is 7.88. The molecule has 1 N–H and O–H groups in total. The highest BCUT2D eigenvalue weighted by Crippen LogP contribution is 2.32. The van der Waals surface area contributed by atoms with E-state index in [9.17, 15) is 8.42 Å². The third kappa shape index (κ3) is 5.68. The molecule has 1 aromatic rings. The summed E-state index contributed by atoms with van der Waals surface area (Å²) in [6.07, 6.45) is 14.5. The zero-order chi connectivity index (χ0) is 19.1. The standard InChI is InChI=1S/C22H32N2O2S/c1-18-12-15-20(16-13-18)27(25,26)24-23-22-17-14-19-10-8-6-4-2-3-5-7-9-11-21(19)22/h12-13,15-16,24H,2-11,14,17H2,1H3/b23-22-. The predicted molar refractivity (Wildman–Crippen MR) is 111 cm³/mol. The molecule has 0 radical (unpaired) electrons. The van der Waals surface area contributed by atoms with Crippen molar-refractivity contribution in [2.24, 2.45) is 5.10 Å². The molecule has 0 amide bonds. The number of hydrazone groups is 1. The van der Waals surface area contributed by atoms with E-state index < -0.39 is 10.0 Å². The van der Waals surface area contributed by atoms with E-state index >= 15 is 0 Å². The zero-order valence-corrected chi connectivity index (χ0v) is 17.3. The maximum Gasteiger partial charge on any atom is 0.276 e. The van der Waals surface area contributed by atoms with Crippen LogP contribution in [0.3, 0.4) is 0 Å². The molecule has 0 fully saturated rings. The first-order valence-corrected chi connectivity index (χ1v) is 11.9. The summed E-state index contributed by atoms with van der Waals surface area (Å²) >= 11 is 0. The number of rotatable bonds is 3. The molecule has 2 aliphatic carbocycles. The summed E-state index contributed by atoms with van der Waals surface area (Å²) in [5, 5.41) is 4.37. The van der Waals surface area contributed by atoms with Crippen LogP contribution < -0.4 is 4.83 Å². The molecule has 0 spiro atoms. The van der Waals surface area contributed by atoms with Gasteiger partial charge in [-0.25, -0.2) is 0 Å². The van der Waals surface area contributed by atoms with Crippen molar-refractivity contribution >= 4 is 15.7 Å². The predicted octanol–water partition coefficient (Wildman–Crippen LogP) is 5.63. The van der Waals surface area contributed by atoms with Gasteiger partial charge < -0.3 is 0 Å². The van der Waals surface area contributed by atoms with E-state index in [1.54, 1.807) is 12.1 Å². The van der Waals surface area contributed by atoms with Gasteiger partial charge in [-0.1, -0.05) is 61.8 Å². The second-order valence-corrected chi connectivity index (χ2v) is 9.54. The number of allylic oxidation sites excluding steroid dienone is 2. The van der Waals surface area contributed by atoms with Crippen molar-refractivity contribution in [2.45, 2.75) is 88.9 Å². The highest BCUT2D eigenvalue weighted by atomic mass is 32.2. The van der Waals surface area contributed by atoms with Crippen molar-refractivity contribution in [3.05, 3.63) is 41.0 Å². The van der Waals surface area contributed by atoms with Crippen molar-refractivity contribution in [1.29, 1.82) is 0 Å². The lowest BCUT2D eigenvalue weighted by Gasteiger charge is -2.11. The molecule has 3 rings (SSSR count). The fourth-order valence-corrected chi connectivity index (χ4v) is 4.91. The Morgan fingerprint density at radius 2 is 1.37 bits per heavy atom. The lowest BCUT2D eigenvalue weighted by molar-refractivity contribution is 0.559. The SMILES string of the molecule is Cc1ccc(S(=O)(=O)N/N=C2/CCC3=C2CCCCCCCCCC3)cc1. The number of hydrogen-bond donors (Lipinski definition) is 1. The molecule has 0 aliphatic heterocycles. The van der Waals surface area contributed by atoms with Crippen LogP contribution in [0, 0.1) is 6.92 Å². The molecule has 27 heavy (non-hydrogen) atoms. The number of nitrogens with one attached hydrogen (secondary N) is 1. The molecule has 5 heteroatoms. The van der Waals surface area contributed by atoms with Gasteiger partial charge in [0.2, 0.25) is 0 Å². The summed E-state index contributed by atoms with van der Waals surface area (Å²) in [6, 6.07) is 6.88. The summed E-state index contributed by atoms with van der Waals surface area (Å²) in [5.41, 5.74) is 4.85. The Labute approximate surface area is 164 Å². The van der Waals surface area contributed by atoms with Crippen molar-refractivity contribution < 1.29 is 8.42 Å². The van der Waals surface area contributed by atoms with E-state index in [4.69, 9.17) is 0 Å². The molecule has 0 bridgehead atoms. The van der Waals surface area contributed by atoms with Gasteiger partial charge in [0.1, 0.15) is 0 Å². The summed E-state index contributed by atoms with van der Waals surface area (Å²) in [6.45, 7) is 1.94. The Morgan fingerprint density at radius 1 is 0.778 bits per heavy atom. The van der Waals surface area contributed by atoms with Crippen LogP contribution in [-0.4, -0.2) is 14.1 Å². The Balaban J connectivity index is 1.73. The fourth-order valence-electron chi connectivity index (χ4n) is 4.08. The van der Waals surface area contributed by atoms with Gasteiger partial charge in [-0.3, -0.25) is 0 Å².